The van der Waals surface area contributed by atoms with E-state index in [9.17, 15) is 9.65 Å². The second kappa shape index (κ2) is 6.05. The Hall–Kier alpha value is -1.57. The van der Waals surface area contributed by atoms with E-state index in [4.69, 9.17) is 11.6 Å². The third kappa shape index (κ3) is 3.06. The molecule has 0 bridgehead atoms. The van der Waals surface area contributed by atoms with E-state index in [2.05, 4.69) is 21.2 Å². The molecule has 0 radical (unpaired) electrons. The molecule has 0 saturated heterocycles. The molecule has 0 fully saturated rings. The molecule has 0 spiro atoms. The lowest BCUT2D eigenvalue weighted by molar-refractivity contribution is 0.607. The largest absolute Gasteiger partial charge is 0.365 e. The number of nitrogens with one attached hydrogen (secondary N) is 1. The minimum atomic E-state index is -0.854. The highest BCUT2D eigenvalue weighted by atomic mass is 79.9. The minimum absolute atomic E-state index is 0.155. The smallest absolute Gasteiger partial charge is 0.144 e. The summed E-state index contributed by atoms with van der Waals surface area (Å²) in [4.78, 5) is 0. The topological polar surface area (TPSA) is 35.8 Å². The molecular weight excluding hydrogens is 331 g/mol. The molecule has 2 nitrogen and oxygen atoms in total. The van der Waals surface area contributed by atoms with Gasteiger partial charge in [0.15, 0.2) is 0 Å². The molecule has 1 N–H and O–H groups in total. The van der Waals surface area contributed by atoms with Gasteiger partial charge < -0.3 is 5.32 Å². The second-order valence-corrected chi connectivity index (χ2v) is 5.08. The first-order valence-corrected chi connectivity index (χ1v) is 6.65. The molecule has 0 aliphatic heterocycles. The fourth-order valence-electron chi connectivity index (χ4n) is 1.69. The Balaban J connectivity index is 2.37. The van der Waals surface area contributed by atoms with Crippen LogP contribution in [0.2, 0.25) is 5.02 Å². The maximum atomic E-state index is 13.8. The van der Waals surface area contributed by atoms with Gasteiger partial charge in [-0.05, 0) is 40.2 Å². The highest BCUT2D eigenvalue weighted by Gasteiger charge is 2.19. The lowest BCUT2D eigenvalue weighted by Gasteiger charge is -2.16. The van der Waals surface area contributed by atoms with Crippen LogP contribution < -0.4 is 5.32 Å². The summed E-state index contributed by atoms with van der Waals surface area (Å²) in [6, 6.07) is 12.8. The van der Waals surface area contributed by atoms with Crippen LogP contribution in [-0.4, -0.2) is 0 Å². The lowest BCUT2D eigenvalue weighted by atomic mass is 10.1. The van der Waals surface area contributed by atoms with Gasteiger partial charge in [0.2, 0.25) is 0 Å². The Morgan fingerprint density at radius 2 is 1.95 bits per heavy atom. The standard InChI is InChI=1S/C14H9BrClFN2/c15-9-4-1-2-7-12(9)19-13(8-18)14-10(16)5-3-6-11(14)17/h1-7,13,19H. The zero-order chi connectivity index (χ0) is 13.8. The van der Waals surface area contributed by atoms with Gasteiger partial charge >= 0.3 is 0 Å². The fraction of sp³-hybridized carbons (Fsp3) is 0.0714. The minimum Gasteiger partial charge on any atom is -0.365 e. The van der Waals surface area contributed by atoms with Crippen molar-refractivity contribution in [1.29, 1.82) is 5.26 Å². The molecule has 0 saturated carbocycles. The summed E-state index contributed by atoms with van der Waals surface area (Å²) in [6.07, 6.45) is 0. The monoisotopic (exact) mass is 338 g/mol. The average Bonchev–Trinajstić information content (AvgIpc) is 2.39. The predicted octanol–water partition coefficient (Wildman–Crippen LogP) is 4.92. The number of nitriles is 1. The number of anilines is 1. The number of hydrogen-bond acceptors (Lipinski definition) is 2. The van der Waals surface area contributed by atoms with Crippen molar-refractivity contribution in [2.75, 3.05) is 5.32 Å². The molecule has 19 heavy (non-hydrogen) atoms. The van der Waals surface area contributed by atoms with Gasteiger partial charge in [0.1, 0.15) is 11.9 Å². The summed E-state index contributed by atoms with van der Waals surface area (Å²) >= 11 is 9.33. The SMILES string of the molecule is N#CC(Nc1ccccc1Br)c1c(F)cccc1Cl. The Labute approximate surface area is 123 Å². The molecule has 1 unspecified atom stereocenters. The van der Waals surface area contributed by atoms with Crippen molar-refractivity contribution in [2.24, 2.45) is 0 Å². The summed E-state index contributed by atoms with van der Waals surface area (Å²) in [5.74, 6) is -0.501. The van der Waals surface area contributed by atoms with Gasteiger partial charge in [-0.2, -0.15) is 5.26 Å². The molecule has 96 valence electrons. The van der Waals surface area contributed by atoms with Crippen molar-refractivity contribution < 1.29 is 4.39 Å². The molecule has 2 rings (SSSR count). The van der Waals surface area contributed by atoms with Crippen LogP contribution in [-0.2, 0) is 0 Å². The van der Waals surface area contributed by atoms with Gasteiger partial charge in [-0.25, -0.2) is 4.39 Å². The van der Waals surface area contributed by atoms with Crippen LogP contribution in [0.15, 0.2) is 46.9 Å². The van der Waals surface area contributed by atoms with Crippen LogP contribution in [0, 0.1) is 17.1 Å². The zero-order valence-electron chi connectivity index (χ0n) is 9.70. The van der Waals surface area contributed by atoms with Crippen molar-refractivity contribution in [1.82, 2.24) is 0 Å². The Morgan fingerprint density at radius 3 is 2.58 bits per heavy atom. The first kappa shape index (κ1) is 13.9. The molecule has 0 aromatic heterocycles. The first-order valence-electron chi connectivity index (χ1n) is 5.48. The number of benzene rings is 2. The predicted molar refractivity (Wildman–Crippen MR) is 77.5 cm³/mol. The maximum Gasteiger partial charge on any atom is 0.144 e. The van der Waals surface area contributed by atoms with Crippen molar-refractivity contribution >= 4 is 33.2 Å². The van der Waals surface area contributed by atoms with E-state index in [-0.39, 0.29) is 10.6 Å². The summed E-state index contributed by atoms with van der Waals surface area (Å²) in [7, 11) is 0. The number of nitrogens with zero attached hydrogens (tertiary/aromatic N) is 1. The summed E-state index contributed by atoms with van der Waals surface area (Å²) < 4.78 is 14.6. The molecule has 5 heteroatoms. The van der Waals surface area contributed by atoms with Gasteiger partial charge in [-0.3, -0.25) is 0 Å². The first-order chi connectivity index (χ1) is 9.13. The summed E-state index contributed by atoms with van der Waals surface area (Å²) in [5.41, 5.74) is 0.857. The molecule has 0 aliphatic carbocycles. The van der Waals surface area contributed by atoms with E-state index >= 15 is 0 Å². The zero-order valence-corrected chi connectivity index (χ0v) is 12.0. The van der Waals surface area contributed by atoms with E-state index in [1.165, 1.54) is 12.1 Å². The van der Waals surface area contributed by atoms with E-state index in [1.807, 2.05) is 24.3 Å². The van der Waals surface area contributed by atoms with Gasteiger partial charge in [0.05, 0.1) is 6.07 Å². The van der Waals surface area contributed by atoms with Crippen LogP contribution >= 0.6 is 27.5 Å². The van der Waals surface area contributed by atoms with Crippen molar-refractivity contribution in [2.45, 2.75) is 6.04 Å². The molecule has 2 aromatic carbocycles. The quantitative estimate of drug-likeness (QED) is 0.861. The highest BCUT2D eigenvalue weighted by molar-refractivity contribution is 9.10. The molecule has 0 aliphatic rings. The molecular formula is C14H9BrClFN2. The number of rotatable bonds is 3. The fourth-order valence-corrected chi connectivity index (χ4v) is 2.36. The van der Waals surface area contributed by atoms with Crippen LogP contribution in [0.3, 0.4) is 0 Å². The van der Waals surface area contributed by atoms with Crippen LogP contribution in [0.1, 0.15) is 11.6 Å². The van der Waals surface area contributed by atoms with Gasteiger partial charge in [0.25, 0.3) is 0 Å². The molecule has 2 aromatic rings. The maximum absolute atomic E-state index is 13.8. The van der Waals surface area contributed by atoms with Crippen molar-refractivity contribution in [3.8, 4) is 6.07 Å². The van der Waals surface area contributed by atoms with E-state index in [1.54, 1.807) is 12.1 Å². The normalized spacial score (nSPS) is 11.7. The van der Waals surface area contributed by atoms with Crippen molar-refractivity contribution in [3.63, 3.8) is 0 Å². The van der Waals surface area contributed by atoms with Crippen LogP contribution in [0.5, 0.6) is 0 Å². The Bertz CT molecular complexity index is 619. The number of hydrogen-bond donors (Lipinski definition) is 1. The van der Waals surface area contributed by atoms with Crippen LogP contribution in [0.4, 0.5) is 10.1 Å². The highest BCUT2D eigenvalue weighted by Crippen LogP contribution is 2.30. The average molecular weight is 340 g/mol. The van der Waals surface area contributed by atoms with E-state index in [0.29, 0.717) is 5.69 Å². The van der Waals surface area contributed by atoms with Gasteiger partial charge in [-0.15, -0.1) is 0 Å². The summed E-state index contributed by atoms with van der Waals surface area (Å²) in [5, 5.41) is 12.4. The molecule has 1 atom stereocenters. The summed E-state index contributed by atoms with van der Waals surface area (Å²) in [6.45, 7) is 0. The van der Waals surface area contributed by atoms with Crippen LogP contribution in [0.25, 0.3) is 0 Å². The van der Waals surface area contributed by atoms with E-state index in [0.717, 1.165) is 4.47 Å². The Morgan fingerprint density at radius 1 is 1.21 bits per heavy atom. The number of para-hydroxylation sites is 1. The van der Waals surface area contributed by atoms with Crippen molar-refractivity contribution in [3.05, 3.63) is 63.3 Å². The second-order valence-electron chi connectivity index (χ2n) is 3.82. The lowest BCUT2D eigenvalue weighted by Crippen LogP contribution is -2.11. The Kier molecular flexibility index (Phi) is 4.41. The third-order valence-corrected chi connectivity index (χ3v) is 3.61. The number of halogens is 3. The molecule has 0 heterocycles. The molecule has 0 amide bonds. The van der Waals surface area contributed by atoms with Gasteiger partial charge in [-0.1, -0.05) is 29.8 Å². The van der Waals surface area contributed by atoms with Gasteiger partial charge in [0, 0.05) is 20.7 Å². The van der Waals surface area contributed by atoms with E-state index < -0.39 is 11.9 Å². The third-order valence-electron chi connectivity index (χ3n) is 2.59.